The van der Waals surface area contributed by atoms with Crippen LogP contribution < -0.4 is 5.32 Å². The summed E-state index contributed by atoms with van der Waals surface area (Å²) in [7, 11) is 0. The van der Waals surface area contributed by atoms with Gasteiger partial charge in [0.15, 0.2) is 0 Å². The lowest BCUT2D eigenvalue weighted by molar-refractivity contribution is -0.117. The number of anilines is 1. The highest BCUT2D eigenvalue weighted by Gasteiger charge is 2.23. The highest BCUT2D eigenvalue weighted by atomic mass is 32.1. The monoisotopic (exact) mass is 332 g/mol. The molecule has 5 nitrogen and oxygen atoms in total. The first kappa shape index (κ1) is 17.1. The van der Waals surface area contributed by atoms with Gasteiger partial charge in [-0.25, -0.2) is 9.78 Å². The average molecular weight is 332 g/mol. The predicted octanol–water partition coefficient (Wildman–Crippen LogP) is 3.82. The number of aryl methyl sites for hydroxylation is 4. The van der Waals surface area contributed by atoms with Crippen molar-refractivity contribution in [2.45, 2.75) is 40.5 Å². The van der Waals surface area contributed by atoms with Gasteiger partial charge in [-0.1, -0.05) is 17.7 Å². The van der Waals surface area contributed by atoms with Crippen LogP contribution in [0.1, 0.15) is 49.9 Å². The first-order valence-corrected chi connectivity index (χ1v) is 8.11. The number of hydrogen-bond donors (Lipinski definition) is 2. The van der Waals surface area contributed by atoms with Gasteiger partial charge in [0.05, 0.1) is 11.6 Å². The zero-order valence-electron chi connectivity index (χ0n) is 13.9. The number of carbonyl (C=O) groups is 2. The molecule has 1 aromatic carbocycles. The maximum Gasteiger partial charge on any atom is 0.347 e. The number of carbonyl (C=O) groups excluding carboxylic acids is 1. The van der Waals surface area contributed by atoms with Gasteiger partial charge in [0.1, 0.15) is 9.88 Å². The minimum absolute atomic E-state index is 0.183. The van der Waals surface area contributed by atoms with Crippen molar-refractivity contribution in [3.8, 4) is 0 Å². The van der Waals surface area contributed by atoms with Crippen molar-refractivity contribution < 1.29 is 14.7 Å². The molecular weight excluding hydrogens is 312 g/mol. The molecule has 0 unspecified atom stereocenters. The van der Waals surface area contributed by atoms with E-state index in [1.165, 1.54) is 0 Å². The normalized spacial score (nSPS) is 12.0. The molecule has 0 fully saturated rings. The smallest absolute Gasteiger partial charge is 0.347 e. The van der Waals surface area contributed by atoms with Crippen molar-refractivity contribution in [2.75, 3.05) is 5.32 Å². The topological polar surface area (TPSA) is 79.3 Å². The molecule has 1 atom stereocenters. The van der Waals surface area contributed by atoms with E-state index in [0.29, 0.717) is 10.7 Å². The Morgan fingerprint density at radius 2 is 1.74 bits per heavy atom. The maximum absolute atomic E-state index is 12.5. The van der Waals surface area contributed by atoms with Crippen molar-refractivity contribution in [2.24, 2.45) is 0 Å². The number of hydrogen-bond acceptors (Lipinski definition) is 4. The molecule has 0 aliphatic heterocycles. The Balaban J connectivity index is 2.24. The number of aromatic carboxylic acids is 1. The van der Waals surface area contributed by atoms with E-state index in [1.807, 2.05) is 32.9 Å². The second-order valence-corrected chi connectivity index (χ2v) is 6.79. The lowest BCUT2D eigenvalue weighted by Crippen LogP contribution is -2.20. The van der Waals surface area contributed by atoms with Gasteiger partial charge >= 0.3 is 5.97 Å². The molecule has 2 rings (SSSR count). The van der Waals surface area contributed by atoms with Crippen LogP contribution in [0.15, 0.2) is 12.1 Å². The van der Waals surface area contributed by atoms with Crippen LogP contribution in [0.4, 0.5) is 5.69 Å². The van der Waals surface area contributed by atoms with Gasteiger partial charge in [-0.05, 0) is 45.7 Å². The average Bonchev–Trinajstić information content (AvgIpc) is 2.83. The van der Waals surface area contributed by atoms with E-state index in [2.05, 4.69) is 10.3 Å². The van der Waals surface area contributed by atoms with Crippen LogP contribution in [-0.4, -0.2) is 22.0 Å². The number of nitrogens with zero attached hydrogens (tertiary/aromatic N) is 1. The Hall–Kier alpha value is -2.21. The Morgan fingerprint density at radius 3 is 2.22 bits per heavy atom. The molecule has 0 aliphatic carbocycles. The summed E-state index contributed by atoms with van der Waals surface area (Å²) in [5.41, 5.74) is 4.40. The van der Waals surface area contributed by atoms with Crippen molar-refractivity contribution in [3.05, 3.63) is 44.4 Å². The molecule has 0 saturated heterocycles. The molecule has 23 heavy (non-hydrogen) atoms. The molecule has 6 heteroatoms. The molecular formula is C17H20N2O3S. The quantitative estimate of drug-likeness (QED) is 0.892. The van der Waals surface area contributed by atoms with Gasteiger partial charge in [-0.15, -0.1) is 11.3 Å². The van der Waals surface area contributed by atoms with Crippen LogP contribution >= 0.6 is 11.3 Å². The third-order valence-electron chi connectivity index (χ3n) is 3.70. The van der Waals surface area contributed by atoms with Crippen molar-refractivity contribution in [1.82, 2.24) is 4.98 Å². The fourth-order valence-electron chi connectivity index (χ4n) is 2.52. The number of rotatable bonds is 4. The number of amides is 1. The minimum atomic E-state index is -1.01. The minimum Gasteiger partial charge on any atom is -0.477 e. The first-order chi connectivity index (χ1) is 10.7. The third-order valence-corrected chi connectivity index (χ3v) is 5.02. The lowest BCUT2D eigenvalue weighted by atomic mass is 10.0. The maximum atomic E-state index is 12.5. The second kappa shape index (κ2) is 6.50. The van der Waals surface area contributed by atoms with E-state index in [-0.39, 0.29) is 10.8 Å². The molecule has 0 aliphatic rings. The number of nitrogens with one attached hydrogen (secondary N) is 1. The lowest BCUT2D eigenvalue weighted by Gasteiger charge is -2.15. The number of benzene rings is 1. The van der Waals surface area contributed by atoms with Gasteiger partial charge in [-0.2, -0.15) is 0 Å². The molecule has 0 bridgehead atoms. The summed E-state index contributed by atoms with van der Waals surface area (Å²) in [6.07, 6.45) is 0. The van der Waals surface area contributed by atoms with Crippen LogP contribution in [0.25, 0.3) is 0 Å². The van der Waals surface area contributed by atoms with Gasteiger partial charge in [0.25, 0.3) is 0 Å². The van der Waals surface area contributed by atoms with Crippen LogP contribution in [0, 0.1) is 27.7 Å². The molecule has 0 spiro atoms. The predicted molar refractivity (Wildman–Crippen MR) is 91.5 cm³/mol. The van der Waals surface area contributed by atoms with Crippen LogP contribution in [0.5, 0.6) is 0 Å². The zero-order chi connectivity index (χ0) is 17.3. The van der Waals surface area contributed by atoms with Gasteiger partial charge in [0.2, 0.25) is 5.91 Å². The standard InChI is InChI=1S/C17H20N2O3S/c1-8-6-9(2)13(10(3)7-8)19-15(20)11(4)16-18-12(5)14(23-16)17(21)22/h6-7,11H,1-5H3,(H,19,20)(H,21,22)/t11-/m0/s1. The zero-order valence-corrected chi connectivity index (χ0v) is 14.7. The van der Waals surface area contributed by atoms with E-state index >= 15 is 0 Å². The third kappa shape index (κ3) is 3.59. The summed E-state index contributed by atoms with van der Waals surface area (Å²) in [5.74, 6) is -1.71. The van der Waals surface area contributed by atoms with E-state index in [4.69, 9.17) is 5.11 Å². The summed E-state index contributed by atoms with van der Waals surface area (Å²) in [6, 6.07) is 4.03. The fraction of sp³-hybridized carbons (Fsp3) is 0.353. The highest BCUT2D eigenvalue weighted by molar-refractivity contribution is 7.13. The second-order valence-electron chi connectivity index (χ2n) is 5.76. The largest absolute Gasteiger partial charge is 0.477 e. The number of carboxylic acid groups (broad SMARTS) is 1. The summed E-state index contributed by atoms with van der Waals surface area (Å²) in [4.78, 5) is 28.0. The summed E-state index contributed by atoms with van der Waals surface area (Å²) < 4.78 is 0. The van der Waals surface area contributed by atoms with E-state index in [9.17, 15) is 9.59 Å². The van der Waals surface area contributed by atoms with Crippen LogP contribution in [0.2, 0.25) is 0 Å². The van der Waals surface area contributed by atoms with E-state index in [1.54, 1.807) is 13.8 Å². The first-order valence-electron chi connectivity index (χ1n) is 7.30. The SMILES string of the molecule is Cc1cc(C)c(NC(=O)[C@H](C)c2nc(C)c(C(=O)O)s2)c(C)c1. The molecule has 1 heterocycles. The molecule has 2 aromatic rings. The number of carboxylic acids is 1. The van der Waals surface area contributed by atoms with Crippen molar-refractivity contribution >= 4 is 28.9 Å². The van der Waals surface area contributed by atoms with Gasteiger partial charge < -0.3 is 10.4 Å². The molecule has 0 saturated carbocycles. The van der Waals surface area contributed by atoms with Crippen molar-refractivity contribution in [3.63, 3.8) is 0 Å². The van der Waals surface area contributed by atoms with E-state index < -0.39 is 11.9 Å². The fourth-order valence-corrected chi connectivity index (χ4v) is 3.48. The van der Waals surface area contributed by atoms with Gasteiger partial charge in [-0.3, -0.25) is 4.79 Å². The molecule has 122 valence electrons. The molecule has 1 amide bonds. The number of thiazole rings is 1. The van der Waals surface area contributed by atoms with Crippen molar-refractivity contribution in [1.29, 1.82) is 0 Å². The molecule has 2 N–H and O–H groups in total. The Bertz CT molecular complexity index is 757. The Morgan fingerprint density at radius 1 is 1.17 bits per heavy atom. The van der Waals surface area contributed by atoms with Gasteiger partial charge in [0, 0.05) is 5.69 Å². The Kier molecular flexibility index (Phi) is 4.85. The summed E-state index contributed by atoms with van der Waals surface area (Å²) >= 11 is 1.05. The van der Waals surface area contributed by atoms with Crippen LogP contribution in [0.3, 0.4) is 0 Å². The van der Waals surface area contributed by atoms with Crippen LogP contribution in [-0.2, 0) is 4.79 Å². The van der Waals surface area contributed by atoms with E-state index in [0.717, 1.165) is 33.7 Å². The Labute approximate surface area is 139 Å². The summed E-state index contributed by atoms with van der Waals surface area (Å²) in [6.45, 7) is 9.30. The number of aromatic nitrogens is 1. The molecule has 1 aromatic heterocycles. The molecule has 0 radical (unpaired) electrons. The highest BCUT2D eigenvalue weighted by Crippen LogP contribution is 2.28. The summed E-state index contributed by atoms with van der Waals surface area (Å²) in [5, 5.41) is 12.6.